The van der Waals surface area contributed by atoms with E-state index in [-0.39, 0.29) is 18.8 Å². The molecule has 1 aliphatic heterocycles. The van der Waals surface area contributed by atoms with E-state index in [2.05, 4.69) is 53.3 Å². The lowest BCUT2D eigenvalue weighted by Gasteiger charge is -2.20. The van der Waals surface area contributed by atoms with Crippen LogP contribution in [-0.2, 0) is 14.3 Å². The summed E-state index contributed by atoms with van der Waals surface area (Å²) in [5, 5.41) is 3.70. The molecule has 0 saturated heterocycles. The molecular weight excluding hydrogens is 588 g/mol. The average molecular weight is 624 g/mol. The minimum absolute atomic E-state index is 0.0733. The molecule has 0 unspecified atom stereocenters. The third-order valence-electron chi connectivity index (χ3n) is 8.04. The quantitative estimate of drug-likeness (QED) is 0.0606. The van der Waals surface area contributed by atoms with E-state index < -0.39 is 11.9 Å². The Hall–Kier alpha value is -5.79. The number of hydrogen-bond donors (Lipinski definition) is 1. The first-order valence-corrected chi connectivity index (χ1v) is 15.4. The Morgan fingerprint density at radius 2 is 1.40 bits per heavy atom. The van der Waals surface area contributed by atoms with Crippen molar-refractivity contribution in [1.29, 1.82) is 0 Å². The number of ether oxygens (including phenoxy) is 2. The van der Waals surface area contributed by atoms with Crippen molar-refractivity contribution in [3.05, 3.63) is 132 Å². The molecule has 2 N–H and O–H groups in total. The number of rotatable bonds is 9. The predicted octanol–water partition coefficient (Wildman–Crippen LogP) is 7.17. The molecule has 0 amide bonds. The Bertz CT molecular complexity index is 2150. The molecule has 0 saturated carbocycles. The third kappa shape index (κ3) is 6.34. The molecule has 1 heterocycles. The normalized spacial score (nSPS) is 11.5. The lowest BCUT2D eigenvalue weighted by molar-refractivity contribution is -0.538. The first-order valence-electron chi connectivity index (χ1n) is 15.4. The third-order valence-corrected chi connectivity index (χ3v) is 8.04. The summed E-state index contributed by atoms with van der Waals surface area (Å²) in [5.41, 5.74) is 8.77. The summed E-state index contributed by atoms with van der Waals surface area (Å²) in [5.74, 6) is -0.422. The second-order valence-electron chi connectivity index (χ2n) is 11.1. The van der Waals surface area contributed by atoms with Gasteiger partial charge in [-0.3, -0.25) is 4.99 Å². The van der Waals surface area contributed by atoms with Gasteiger partial charge in [0.15, 0.2) is 0 Å². The second kappa shape index (κ2) is 13.7. The number of hydrogen-bond acceptors (Lipinski definition) is 6. The monoisotopic (exact) mass is 623 g/mol. The summed E-state index contributed by atoms with van der Waals surface area (Å²) in [7, 11) is 3.78. The molecule has 0 radical (unpaired) electrons. The molecule has 4 aromatic rings. The highest BCUT2D eigenvalue weighted by Gasteiger charge is 2.25. The molecule has 0 bridgehead atoms. The van der Waals surface area contributed by atoms with Crippen molar-refractivity contribution >= 4 is 28.6 Å². The van der Waals surface area contributed by atoms with E-state index in [1.807, 2.05) is 73.8 Å². The molecule has 234 valence electrons. The van der Waals surface area contributed by atoms with Crippen molar-refractivity contribution in [2.24, 2.45) is 4.99 Å². The van der Waals surface area contributed by atoms with Crippen LogP contribution in [-0.4, -0.2) is 39.2 Å². The highest BCUT2D eigenvalue weighted by molar-refractivity contribution is 6.09. The van der Waals surface area contributed by atoms with Crippen LogP contribution >= 0.6 is 0 Å². The van der Waals surface area contributed by atoms with Crippen LogP contribution in [0.2, 0.25) is 0 Å². The van der Waals surface area contributed by atoms with E-state index in [1.165, 1.54) is 0 Å². The number of fused-ring (bicyclic) bond motifs is 2. The Kier molecular flexibility index (Phi) is 9.09. The smallest absolute Gasteiger partial charge is 0.338 e. The maximum absolute atomic E-state index is 13.6. The molecule has 4 aromatic carbocycles. The summed E-state index contributed by atoms with van der Waals surface area (Å²) in [6.45, 7) is 4.99. The van der Waals surface area contributed by atoms with Crippen LogP contribution in [0.4, 0.5) is 5.69 Å². The van der Waals surface area contributed by atoms with Crippen molar-refractivity contribution in [3.63, 3.8) is 0 Å². The standard InChI is InChI=1S/C40H34N2O5/c1-25(2)39(43)45-19-20-46-40(44)29-18-12-11-17-28(29)38-32-21-30(26-13-7-5-8-14-26)34(41-3)23-36(32)47-37-24-35(42-4)31(22-33(37)38)27-15-9-6-10-16-27/h5-18,21-24,41H,1,19-20H2,2-4H3/p+1. The van der Waals surface area contributed by atoms with Gasteiger partial charge < -0.3 is 19.2 Å². The zero-order valence-corrected chi connectivity index (χ0v) is 26.6. The van der Waals surface area contributed by atoms with Gasteiger partial charge >= 0.3 is 11.9 Å². The highest BCUT2D eigenvalue weighted by Crippen LogP contribution is 2.44. The van der Waals surface area contributed by atoms with Crippen molar-refractivity contribution in [2.75, 3.05) is 27.3 Å². The fraction of sp³-hybridized carbons (Fsp3) is 0.125. The average Bonchev–Trinajstić information content (AvgIpc) is 3.11. The molecule has 6 rings (SSSR count). The Balaban J connectivity index is 1.61. The van der Waals surface area contributed by atoms with Crippen molar-refractivity contribution in [3.8, 4) is 44.7 Å². The second-order valence-corrected chi connectivity index (χ2v) is 11.1. The maximum Gasteiger partial charge on any atom is 0.338 e. The van der Waals surface area contributed by atoms with Gasteiger partial charge in [0, 0.05) is 52.4 Å². The van der Waals surface area contributed by atoms with Gasteiger partial charge in [-0.1, -0.05) is 85.4 Å². The SMILES string of the molecule is C=C(C)C(=O)OCCOC(=O)c1ccccc1-c1c2cc(-c3ccccc3)c(=NC)cc-2oc2cc([NH2+]C)c(-c3ccccc3)cc12. The van der Waals surface area contributed by atoms with E-state index >= 15 is 0 Å². The molecule has 0 atom stereocenters. The number of quaternary nitrogens is 1. The number of nitrogens with two attached hydrogens (primary N) is 1. The van der Waals surface area contributed by atoms with E-state index in [1.54, 1.807) is 20.0 Å². The molecule has 7 heteroatoms. The predicted molar refractivity (Wildman–Crippen MR) is 184 cm³/mol. The topological polar surface area (TPSA) is 94.7 Å². The largest absolute Gasteiger partial charge is 0.459 e. The van der Waals surface area contributed by atoms with Gasteiger partial charge in [0.25, 0.3) is 0 Å². The Morgan fingerprint density at radius 1 is 0.766 bits per heavy atom. The first kappa shape index (κ1) is 31.2. The van der Waals surface area contributed by atoms with E-state index in [0.29, 0.717) is 22.5 Å². The highest BCUT2D eigenvalue weighted by atomic mass is 16.6. The van der Waals surface area contributed by atoms with Gasteiger partial charge in [-0.2, -0.15) is 0 Å². The summed E-state index contributed by atoms with van der Waals surface area (Å²) in [4.78, 5) is 30.1. The molecular formula is C40H35N2O5+. The van der Waals surface area contributed by atoms with Gasteiger partial charge in [0.05, 0.1) is 18.0 Å². The van der Waals surface area contributed by atoms with E-state index in [0.717, 1.165) is 49.8 Å². The molecule has 0 fully saturated rings. The summed E-state index contributed by atoms with van der Waals surface area (Å²) in [6.07, 6.45) is 0. The number of esters is 2. The fourth-order valence-electron chi connectivity index (χ4n) is 5.77. The summed E-state index contributed by atoms with van der Waals surface area (Å²) in [6, 6.07) is 35.9. The Morgan fingerprint density at radius 3 is 2.06 bits per heavy atom. The first-order chi connectivity index (χ1) is 22.9. The minimum Gasteiger partial charge on any atom is -0.459 e. The zero-order chi connectivity index (χ0) is 32.9. The molecule has 1 aliphatic carbocycles. The lowest BCUT2D eigenvalue weighted by Crippen LogP contribution is -2.72. The molecule has 0 spiro atoms. The van der Waals surface area contributed by atoms with Crippen LogP contribution in [0, 0.1) is 0 Å². The van der Waals surface area contributed by atoms with Crippen LogP contribution in [0.5, 0.6) is 0 Å². The van der Waals surface area contributed by atoms with Crippen LogP contribution < -0.4 is 10.7 Å². The molecule has 0 aromatic heterocycles. The summed E-state index contributed by atoms with van der Waals surface area (Å²) >= 11 is 0. The van der Waals surface area contributed by atoms with E-state index in [9.17, 15) is 9.59 Å². The van der Waals surface area contributed by atoms with Crippen LogP contribution in [0.15, 0.2) is 131 Å². The fourth-order valence-corrected chi connectivity index (χ4v) is 5.77. The van der Waals surface area contributed by atoms with Gasteiger partial charge in [-0.15, -0.1) is 0 Å². The summed E-state index contributed by atoms with van der Waals surface area (Å²) < 4.78 is 17.4. The molecule has 47 heavy (non-hydrogen) atoms. The van der Waals surface area contributed by atoms with Crippen molar-refractivity contribution in [1.82, 2.24) is 0 Å². The Labute approximate surface area is 273 Å². The van der Waals surface area contributed by atoms with Crippen molar-refractivity contribution < 1.29 is 28.8 Å². The lowest BCUT2D eigenvalue weighted by atomic mass is 9.87. The maximum atomic E-state index is 13.6. The molecule has 2 aliphatic rings. The van der Waals surface area contributed by atoms with Gasteiger partial charge in [-0.25, -0.2) is 9.59 Å². The van der Waals surface area contributed by atoms with Crippen LogP contribution in [0.1, 0.15) is 17.3 Å². The number of nitrogens with zero attached hydrogens (tertiary/aromatic N) is 1. The number of carbonyl (C=O) groups excluding carboxylic acids is 2. The number of benzene rings is 5. The van der Waals surface area contributed by atoms with E-state index in [4.69, 9.17) is 13.9 Å². The zero-order valence-electron chi connectivity index (χ0n) is 26.6. The van der Waals surface area contributed by atoms with Gasteiger partial charge in [0.2, 0.25) is 0 Å². The van der Waals surface area contributed by atoms with Crippen LogP contribution in [0.25, 0.3) is 55.7 Å². The van der Waals surface area contributed by atoms with Crippen molar-refractivity contribution in [2.45, 2.75) is 6.92 Å². The molecule has 7 nitrogen and oxygen atoms in total. The van der Waals surface area contributed by atoms with Crippen LogP contribution in [0.3, 0.4) is 0 Å². The minimum atomic E-state index is -0.530. The number of carbonyl (C=O) groups is 2. The van der Waals surface area contributed by atoms with Gasteiger partial charge in [-0.05, 0) is 41.8 Å². The van der Waals surface area contributed by atoms with Gasteiger partial charge in [0.1, 0.15) is 30.2 Å².